The van der Waals surface area contributed by atoms with Crippen LogP contribution in [0.3, 0.4) is 0 Å². The fourth-order valence-electron chi connectivity index (χ4n) is 2.46. The van der Waals surface area contributed by atoms with Crippen LogP contribution < -0.4 is 16.0 Å². The summed E-state index contributed by atoms with van der Waals surface area (Å²) in [5, 5.41) is 3.40. The highest BCUT2D eigenvalue weighted by molar-refractivity contribution is 5.44. The molecule has 2 aliphatic rings. The van der Waals surface area contributed by atoms with Gasteiger partial charge in [-0.15, -0.1) is 0 Å². The van der Waals surface area contributed by atoms with Crippen LogP contribution in [0.25, 0.3) is 0 Å². The zero-order chi connectivity index (χ0) is 12.4. The third-order valence-electron chi connectivity index (χ3n) is 3.64. The van der Waals surface area contributed by atoms with Crippen molar-refractivity contribution in [1.82, 2.24) is 15.3 Å². The molecule has 2 heterocycles. The summed E-state index contributed by atoms with van der Waals surface area (Å²) in [6.45, 7) is 4.15. The molecule has 1 aliphatic heterocycles. The van der Waals surface area contributed by atoms with E-state index in [4.69, 9.17) is 5.73 Å². The van der Waals surface area contributed by atoms with Crippen LogP contribution in [0, 0.1) is 5.92 Å². The van der Waals surface area contributed by atoms with E-state index in [0.717, 1.165) is 56.5 Å². The Morgan fingerprint density at radius 2 is 2.17 bits per heavy atom. The maximum Gasteiger partial charge on any atom is 0.222 e. The van der Waals surface area contributed by atoms with Crippen LogP contribution in [0.5, 0.6) is 0 Å². The van der Waals surface area contributed by atoms with Crippen molar-refractivity contribution in [3.8, 4) is 0 Å². The van der Waals surface area contributed by atoms with Gasteiger partial charge in [0.1, 0.15) is 5.82 Å². The van der Waals surface area contributed by atoms with E-state index in [0.29, 0.717) is 5.95 Å². The molecule has 5 heteroatoms. The minimum atomic E-state index is 0.417. The SMILES string of the molecule is Nc1nc(CC2CC2)cc(N2CCCNCC2)n1. The fraction of sp³-hybridized carbons (Fsp3) is 0.692. The van der Waals surface area contributed by atoms with Gasteiger partial charge in [-0.05, 0) is 38.1 Å². The lowest BCUT2D eigenvalue weighted by atomic mass is 10.2. The second-order valence-electron chi connectivity index (χ2n) is 5.31. The zero-order valence-corrected chi connectivity index (χ0v) is 10.7. The summed E-state index contributed by atoms with van der Waals surface area (Å²) in [7, 11) is 0. The monoisotopic (exact) mass is 247 g/mol. The van der Waals surface area contributed by atoms with Gasteiger partial charge in [0.15, 0.2) is 0 Å². The topological polar surface area (TPSA) is 67.1 Å². The van der Waals surface area contributed by atoms with Crippen molar-refractivity contribution in [3.05, 3.63) is 11.8 Å². The molecule has 98 valence electrons. The second kappa shape index (κ2) is 5.10. The molecule has 1 aromatic heterocycles. The van der Waals surface area contributed by atoms with Gasteiger partial charge in [-0.1, -0.05) is 0 Å². The lowest BCUT2D eigenvalue weighted by Crippen LogP contribution is -2.29. The minimum absolute atomic E-state index is 0.417. The third-order valence-corrected chi connectivity index (χ3v) is 3.64. The van der Waals surface area contributed by atoms with Gasteiger partial charge < -0.3 is 16.0 Å². The van der Waals surface area contributed by atoms with Crippen LogP contribution in [-0.2, 0) is 6.42 Å². The molecule has 1 aromatic rings. The first-order valence-corrected chi connectivity index (χ1v) is 6.90. The van der Waals surface area contributed by atoms with Crippen LogP contribution in [0.2, 0.25) is 0 Å². The first-order valence-electron chi connectivity index (χ1n) is 6.90. The van der Waals surface area contributed by atoms with Gasteiger partial charge in [-0.3, -0.25) is 0 Å². The highest BCUT2D eigenvalue weighted by atomic mass is 15.2. The van der Waals surface area contributed by atoms with Gasteiger partial charge >= 0.3 is 0 Å². The Hall–Kier alpha value is -1.36. The molecule has 1 saturated carbocycles. The molecule has 0 radical (unpaired) electrons. The Kier molecular flexibility index (Phi) is 3.32. The standard InChI is InChI=1S/C13H21N5/c14-13-16-11(8-10-2-3-10)9-12(17-13)18-6-1-4-15-5-7-18/h9-10,15H,1-8H2,(H2,14,16,17). The number of nitrogens with two attached hydrogens (primary N) is 1. The molecule has 0 aromatic carbocycles. The molecule has 18 heavy (non-hydrogen) atoms. The van der Waals surface area contributed by atoms with E-state index < -0.39 is 0 Å². The first kappa shape index (κ1) is 11.7. The number of nitrogen functional groups attached to an aromatic ring is 1. The zero-order valence-electron chi connectivity index (χ0n) is 10.7. The van der Waals surface area contributed by atoms with E-state index in [1.165, 1.54) is 12.8 Å². The van der Waals surface area contributed by atoms with Crippen LogP contribution in [0.4, 0.5) is 11.8 Å². The third kappa shape index (κ3) is 2.90. The van der Waals surface area contributed by atoms with Crippen LogP contribution in [-0.4, -0.2) is 36.1 Å². The molecule has 0 amide bonds. The number of anilines is 2. The van der Waals surface area contributed by atoms with Crippen molar-refractivity contribution in [2.45, 2.75) is 25.7 Å². The Labute approximate surface area is 108 Å². The van der Waals surface area contributed by atoms with E-state index in [2.05, 4.69) is 26.3 Å². The van der Waals surface area contributed by atoms with Crippen LogP contribution in [0.15, 0.2) is 6.07 Å². The molecular weight excluding hydrogens is 226 g/mol. The molecule has 2 fully saturated rings. The number of rotatable bonds is 3. The maximum atomic E-state index is 5.84. The van der Waals surface area contributed by atoms with Gasteiger partial charge in [0.25, 0.3) is 0 Å². The van der Waals surface area contributed by atoms with E-state index in [1.807, 2.05) is 0 Å². The van der Waals surface area contributed by atoms with E-state index in [9.17, 15) is 0 Å². The molecule has 0 spiro atoms. The quantitative estimate of drug-likeness (QED) is 0.827. The lowest BCUT2D eigenvalue weighted by molar-refractivity contribution is 0.724. The fourth-order valence-corrected chi connectivity index (χ4v) is 2.46. The van der Waals surface area contributed by atoms with Crippen LogP contribution >= 0.6 is 0 Å². The summed E-state index contributed by atoms with van der Waals surface area (Å²) >= 11 is 0. The number of aromatic nitrogens is 2. The predicted molar refractivity (Wildman–Crippen MR) is 72.6 cm³/mol. The van der Waals surface area contributed by atoms with Gasteiger partial charge in [0, 0.05) is 31.4 Å². The van der Waals surface area contributed by atoms with Crippen LogP contribution in [0.1, 0.15) is 25.0 Å². The Bertz CT molecular complexity index is 408. The molecule has 5 nitrogen and oxygen atoms in total. The molecule has 0 bridgehead atoms. The van der Waals surface area contributed by atoms with Gasteiger partial charge in [0.05, 0.1) is 0 Å². The summed E-state index contributed by atoms with van der Waals surface area (Å²) in [5.41, 5.74) is 6.95. The molecule has 1 saturated heterocycles. The van der Waals surface area contributed by atoms with Crippen molar-refractivity contribution >= 4 is 11.8 Å². The molecule has 3 rings (SSSR count). The Balaban J connectivity index is 1.78. The maximum absolute atomic E-state index is 5.84. The van der Waals surface area contributed by atoms with Gasteiger partial charge in [-0.25, -0.2) is 4.98 Å². The first-order chi connectivity index (χ1) is 8.81. The largest absolute Gasteiger partial charge is 0.368 e. The number of hydrogen-bond donors (Lipinski definition) is 2. The van der Waals surface area contributed by atoms with Crippen molar-refractivity contribution in [2.24, 2.45) is 5.92 Å². The summed E-state index contributed by atoms with van der Waals surface area (Å²) in [4.78, 5) is 11.1. The van der Waals surface area contributed by atoms with Crippen molar-refractivity contribution in [3.63, 3.8) is 0 Å². The second-order valence-corrected chi connectivity index (χ2v) is 5.31. The summed E-state index contributed by atoms with van der Waals surface area (Å²) in [5.74, 6) is 2.25. The van der Waals surface area contributed by atoms with Crippen molar-refractivity contribution in [1.29, 1.82) is 0 Å². The Morgan fingerprint density at radius 1 is 1.28 bits per heavy atom. The molecule has 0 unspecified atom stereocenters. The van der Waals surface area contributed by atoms with E-state index in [1.54, 1.807) is 0 Å². The molecule has 3 N–H and O–H groups in total. The molecular formula is C13H21N5. The van der Waals surface area contributed by atoms with Gasteiger partial charge in [-0.2, -0.15) is 4.98 Å². The average Bonchev–Trinajstić information content (AvgIpc) is 3.13. The van der Waals surface area contributed by atoms with E-state index in [-0.39, 0.29) is 0 Å². The van der Waals surface area contributed by atoms with Crippen molar-refractivity contribution in [2.75, 3.05) is 36.8 Å². The number of nitrogens with zero attached hydrogens (tertiary/aromatic N) is 3. The number of nitrogens with one attached hydrogen (secondary N) is 1. The van der Waals surface area contributed by atoms with Crippen molar-refractivity contribution < 1.29 is 0 Å². The van der Waals surface area contributed by atoms with E-state index >= 15 is 0 Å². The lowest BCUT2D eigenvalue weighted by Gasteiger charge is -2.21. The molecule has 0 atom stereocenters. The number of hydrogen-bond acceptors (Lipinski definition) is 5. The minimum Gasteiger partial charge on any atom is -0.368 e. The summed E-state index contributed by atoms with van der Waals surface area (Å²) < 4.78 is 0. The average molecular weight is 247 g/mol. The Morgan fingerprint density at radius 3 is 3.00 bits per heavy atom. The smallest absolute Gasteiger partial charge is 0.222 e. The normalized spacial score (nSPS) is 20.8. The van der Waals surface area contributed by atoms with Gasteiger partial charge in [0.2, 0.25) is 5.95 Å². The highest BCUT2D eigenvalue weighted by Crippen LogP contribution is 2.32. The highest BCUT2D eigenvalue weighted by Gasteiger charge is 2.23. The summed E-state index contributed by atoms with van der Waals surface area (Å²) in [6.07, 6.45) is 4.90. The summed E-state index contributed by atoms with van der Waals surface area (Å²) in [6, 6.07) is 2.12. The predicted octanol–water partition coefficient (Wildman–Crippen LogP) is 0.811. The molecule has 1 aliphatic carbocycles.